The predicted molar refractivity (Wildman–Crippen MR) is 87.4 cm³/mol. The minimum atomic E-state index is 0.659. The van der Waals surface area contributed by atoms with E-state index in [1.807, 2.05) is 6.92 Å². The molecule has 0 unspecified atom stereocenters. The zero-order valence-corrected chi connectivity index (χ0v) is 13.7. The van der Waals surface area contributed by atoms with Gasteiger partial charge in [-0.3, -0.25) is 0 Å². The third-order valence-electron chi connectivity index (χ3n) is 3.49. The number of aromatic nitrogens is 2. The Bertz CT molecular complexity index is 410. The van der Waals surface area contributed by atoms with Crippen molar-refractivity contribution in [3.8, 4) is 5.88 Å². The molecule has 0 bridgehead atoms. The van der Waals surface area contributed by atoms with Crippen LogP contribution in [0.4, 0.5) is 5.82 Å². The second kappa shape index (κ2) is 10.4. The van der Waals surface area contributed by atoms with Crippen molar-refractivity contribution in [2.24, 2.45) is 5.84 Å². The lowest BCUT2D eigenvalue weighted by atomic mass is 10.1. The van der Waals surface area contributed by atoms with Crippen molar-refractivity contribution >= 4 is 5.82 Å². The fraction of sp³-hybridized carbons (Fsp3) is 0.750. The molecule has 0 saturated heterocycles. The van der Waals surface area contributed by atoms with Gasteiger partial charge in [0.05, 0.1) is 12.2 Å². The van der Waals surface area contributed by atoms with E-state index in [9.17, 15) is 0 Å². The van der Waals surface area contributed by atoms with Gasteiger partial charge in [-0.25, -0.2) is 10.8 Å². The Morgan fingerprint density at radius 3 is 2.38 bits per heavy atom. The molecule has 3 N–H and O–H groups in total. The first-order valence-electron chi connectivity index (χ1n) is 8.19. The van der Waals surface area contributed by atoms with Crippen LogP contribution in [0.1, 0.15) is 70.2 Å². The topological polar surface area (TPSA) is 73.1 Å². The number of anilines is 1. The summed E-state index contributed by atoms with van der Waals surface area (Å²) < 4.78 is 5.83. The number of nitrogen functional groups attached to an aromatic ring is 1. The highest BCUT2D eigenvalue weighted by Gasteiger charge is 2.11. The normalized spacial score (nSPS) is 10.7. The van der Waals surface area contributed by atoms with E-state index in [0.717, 1.165) is 30.7 Å². The van der Waals surface area contributed by atoms with E-state index in [4.69, 9.17) is 10.6 Å². The number of ether oxygens (including phenoxy) is 1. The highest BCUT2D eigenvalue weighted by molar-refractivity contribution is 5.47. The molecule has 0 saturated carbocycles. The summed E-state index contributed by atoms with van der Waals surface area (Å²) in [5, 5.41) is 0. The standard InChI is InChI=1S/C16H30N4O/c1-4-6-7-8-9-10-12-21-16-13(3)15(20-17)18-14(19-16)11-5-2/h4-12,17H2,1-3H3,(H,18,19,20). The summed E-state index contributed by atoms with van der Waals surface area (Å²) in [7, 11) is 0. The highest BCUT2D eigenvalue weighted by atomic mass is 16.5. The van der Waals surface area contributed by atoms with E-state index in [0.29, 0.717) is 18.3 Å². The molecule has 0 aromatic carbocycles. The molecule has 0 spiro atoms. The first-order valence-corrected chi connectivity index (χ1v) is 8.19. The first-order chi connectivity index (χ1) is 10.2. The Hall–Kier alpha value is -1.36. The molecule has 0 radical (unpaired) electrons. The molecular weight excluding hydrogens is 264 g/mol. The summed E-state index contributed by atoms with van der Waals surface area (Å²) >= 11 is 0. The van der Waals surface area contributed by atoms with Crippen LogP contribution in [0.15, 0.2) is 0 Å². The van der Waals surface area contributed by atoms with Crippen molar-refractivity contribution in [3.63, 3.8) is 0 Å². The molecule has 1 aromatic rings. The van der Waals surface area contributed by atoms with Gasteiger partial charge in [-0.1, -0.05) is 46.0 Å². The van der Waals surface area contributed by atoms with Crippen LogP contribution in [0.2, 0.25) is 0 Å². The minimum absolute atomic E-state index is 0.659. The molecule has 120 valence electrons. The van der Waals surface area contributed by atoms with Crippen molar-refractivity contribution in [1.82, 2.24) is 9.97 Å². The molecule has 1 heterocycles. The number of nitrogens with two attached hydrogens (primary N) is 1. The molecule has 1 aromatic heterocycles. The van der Waals surface area contributed by atoms with Crippen LogP contribution >= 0.6 is 0 Å². The molecule has 5 heteroatoms. The molecule has 5 nitrogen and oxygen atoms in total. The van der Waals surface area contributed by atoms with Crippen molar-refractivity contribution in [2.45, 2.75) is 72.1 Å². The molecule has 21 heavy (non-hydrogen) atoms. The zero-order valence-electron chi connectivity index (χ0n) is 13.7. The Balaban J connectivity index is 2.47. The largest absolute Gasteiger partial charge is 0.477 e. The van der Waals surface area contributed by atoms with Crippen LogP contribution in [-0.2, 0) is 6.42 Å². The first kappa shape index (κ1) is 17.7. The fourth-order valence-corrected chi connectivity index (χ4v) is 2.21. The zero-order chi connectivity index (χ0) is 15.5. The summed E-state index contributed by atoms with van der Waals surface area (Å²) in [6, 6.07) is 0. The van der Waals surface area contributed by atoms with E-state index >= 15 is 0 Å². The number of unbranched alkanes of at least 4 members (excludes halogenated alkanes) is 5. The van der Waals surface area contributed by atoms with Crippen LogP contribution in [-0.4, -0.2) is 16.6 Å². The van der Waals surface area contributed by atoms with Crippen molar-refractivity contribution in [3.05, 3.63) is 11.4 Å². The Morgan fingerprint density at radius 1 is 1.00 bits per heavy atom. The van der Waals surface area contributed by atoms with Crippen LogP contribution in [0.25, 0.3) is 0 Å². The smallest absolute Gasteiger partial charge is 0.221 e. The van der Waals surface area contributed by atoms with Crippen molar-refractivity contribution in [1.29, 1.82) is 0 Å². The van der Waals surface area contributed by atoms with Gasteiger partial charge in [-0.2, -0.15) is 4.98 Å². The SMILES string of the molecule is CCCCCCCCOc1nc(CCC)nc(NN)c1C. The van der Waals surface area contributed by atoms with Crippen LogP contribution in [0, 0.1) is 6.92 Å². The van der Waals surface area contributed by atoms with Gasteiger partial charge in [0, 0.05) is 6.42 Å². The quantitative estimate of drug-likeness (QED) is 0.369. The van der Waals surface area contributed by atoms with Crippen LogP contribution in [0.5, 0.6) is 5.88 Å². The molecule has 0 fully saturated rings. The second-order valence-electron chi connectivity index (χ2n) is 5.43. The van der Waals surface area contributed by atoms with E-state index in [1.165, 1.54) is 32.1 Å². The van der Waals surface area contributed by atoms with Gasteiger partial charge in [0.15, 0.2) is 0 Å². The van der Waals surface area contributed by atoms with Gasteiger partial charge in [-0.15, -0.1) is 0 Å². The van der Waals surface area contributed by atoms with Crippen molar-refractivity contribution in [2.75, 3.05) is 12.0 Å². The monoisotopic (exact) mass is 294 g/mol. The third-order valence-corrected chi connectivity index (χ3v) is 3.49. The Labute approximate surface area is 128 Å². The van der Waals surface area contributed by atoms with Gasteiger partial charge in [-0.05, 0) is 19.8 Å². The van der Waals surface area contributed by atoms with Gasteiger partial charge in [0.2, 0.25) is 5.88 Å². The summed E-state index contributed by atoms with van der Waals surface area (Å²) in [4.78, 5) is 8.88. The average Bonchev–Trinajstić information content (AvgIpc) is 2.49. The highest BCUT2D eigenvalue weighted by Crippen LogP contribution is 2.22. The molecule has 1 rings (SSSR count). The summed E-state index contributed by atoms with van der Waals surface area (Å²) in [6.07, 6.45) is 9.35. The number of nitrogens with one attached hydrogen (secondary N) is 1. The number of nitrogens with zero attached hydrogens (tertiary/aromatic N) is 2. The third kappa shape index (κ3) is 6.29. The van der Waals surface area contributed by atoms with E-state index < -0.39 is 0 Å². The molecule has 0 atom stereocenters. The number of aryl methyl sites for hydroxylation is 1. The molecule has 0 aliphatic rings. The number of hydrogen-bond acceptors (Lipinski definition) is 5. The van der Waals surface area contributed by atoms with Crippen molar-refractivity contribution < 1.29 is 4.74 Å². The lowest BCUT2D eigenvalue weighted by Gasteiger charge is -2.12. The minimum Gasteiger partial charge on any atom is -0.477 e. The lowest BCUT2D eigenvalue weighted by molar-refractivity contribution is 0.289. The summed E-state index contributed by atoms with van der Waals surface area (Å²) in [5.41, 5.74) is 3.51. The molecule has 0 aliphatic heterocycles. The molecular formula is C16H30N4O. The maximum absolute atomic E-state index is 5.83. The lowest BCUT2D eigenvalue weighted by Crippen LogP contribution is -2.14. The van der Waals surface area contributed by atoms with Crippen LogP contribution in [0.3, 0.4) is 0 Å². The summed E-state index contributed by atoms with van der Waals surface area (Å²) in [6.45, 7) is 6.98. The predicted octanol–water partition coefficient (Wildman–Crippen LogP) is 3.76. The maximum Gasteiger partial charge on any atom is 0.221 e. The number of hydrazine groups is 1. The van der Waals surface area contributed by atoms with Gasteiger partial charge < -0.3 is 10.2 Å². The maximum atomic E-state index is 5.83. The number of rotatable bonds is 11. The van der Waals surface area contributed by atoms with Crippen LogP contribution < -0.4 is 16.0 Å². The molecule has 0 aliphatic carbocycles. The van der Waals surface area contributed by atoms with Gasteiger partial charge in [0.25, 0.3) is 0 Å². The van der Waals surface area contributed by atoms with E-state index in [2.05, 4.69) is 29.2 Å². The Kier molecular flexibility index (Phi) is 8.74. The second-order valence-corrected chi connectivity index (χ2v) is 5.43. The van der Waals surface area contributed by atoms with Gasteiger partial charge >= 0.3 is 0 Å². The van der Waals surface area contributed by atoms with E-state index in [1.54, 1.807) is 0 Å². The molecule has 0 amide bonds. The van der Waals surface area contributed by atoms with Gasteiger partial charge in [0.1, 0.15) is 11.6 Å². The average molecular weight is 294 g/mol. The van der Waals surface area contributed by atoms with E-state index in [-0.39, 0.29) is 0 Å². The summed E-state index contributed by atoms with van der Waals surface area (Å²) in [5.74, 6) is 7.62. The number of hydrogen-bond donors (Lipinski definition) is 2. The Morgan fingerprint density at radius 2 is 1.71 bits per heavy atom. The fourth-order valence-electron chi connectivity index (χ4n) is 2.21.